The van der Waals surface area contributed by atoms with E-state index in [0.717, 1.165) is 42.6 Å². The van der Waals surface area contributed by atoms with Gasteiger partial charge in [-0.1, -0.05) is 26.0 Å². The molecule has 1 amide bonds. The van der Waals surface area contributed by atoms with Crippen LogP contribution in [0, 0.1) is 19.3 Å². The molecule has 1 N–H and O–H groups in total. The summed E-state index contributed by atoms with van der Waals surface area (Å²) >= 11 is 1.51. The molecule has 1 aromatic carbocycles. The smallest absolute Gasteiger partial charge is 0.341 e. The molecule has 0 saturated heterocycles. The van der Waals surface area contributed by atoms with Gasteiger partial charge in [0, 0.05) is 10.3 Å². The number of esters is 1. The summed E-state index contributed by atoms with van der Waals surface area (Å²) in [5.41, 5.74) is 3.28. The molecule has 0 aliphatic heterocycles. The van der Waals surface area contributed by atoms with E-state index in [1.165, 1.54) is 28.9 Å². The van der Waals surface area contributed by atoms with Gasteiger partial charge in [0.1, 0.15) is 10.8 Å². The Morgan fingerprint density at radius 1 is 1.20 bits per heavy atom. The van der Waals surface area contributed by atoms with Gasteiger partial charge in [0.25, 0.3) is 0 Å². The van der Waals surface area contributed by atoms with Crippen molar-refractivity contribution in [3.05, 3.63) is 45.3 Å². The maximum absolute atomic E-state index is 13.0. The Labute approximate surface area is 182 Å². The zero-order valence-electron chi connectivity index (χ0n) is 18.5. The molecule has 0 saturated carbocycles. The van der Waals surface area contributed by atoms with E-state index in [4.69, 9.17) is 9.47 Å². The number of anilines is 1. The number of hydrogen-bond acceptors (Lipinski definition) is 5. The molecule has 5 nitrogen and oxygen atoms in total. The summed E-state index contributed by atoms with van der Waals surface area (Å²) in [6.45, 7) is 8.49. The third kappa shape index (κ3) is 4.86. The fourth-order valence-corrected chi connectivity index (χ4v) is 5.03. The SMILES string of the molecule is COC(=O)c1c(NC(=O)C(C)(C)CCCOc2cc(C)ccc2C)sc2c1CCC2. The van der Waals surface area contributed by atoms with Crippen molar-refractivity contribution in [2.24, 2.45) is 5.41 Å². The lowest BCUT2D eigenvalue weighted by atomic mass is 9.87. The van der Waals surface area contributed by atoms with Crippen molar-refractivity contribution in [2.45, 2.75) is 59.8 Å². The first-order chi connectivity index (χ1) is 14.2. The van der Waals surface area contributed by atoms with Crippen molar-refractivity contribution in [2.75, 3.05) is 19.0 Å². The van der Waals surface area contributed by atoms with Crippen LogP contribution in [0.25, 0.3) is 0 Å². The Hall–Kier alpha value is -2.34. The van der Waals surface area contributed by atoms with Crippen LogP contribution in [0.2, 0.25) is 0 Å². The number of carbonyl (C=O) groups excluding carboxylic acids is 2. The van der Waals surface area contributed by atoms with Crippen LogP contribution in [0.15, 0.2) is 18.2 Å². The highest BCUT2D eigenvalue weighted by atomic mass is 32.1. The monoisotopic (exact) mass is 429 g/mol. The third-order valence-corrected chi connectivity index (χ3v) is 6.91. The first kappa shape index (κ1) is 22.3. The largest absolute Gasteiger partial charge is 0.493 e. The van der Waals surface area contributed by atoms with Crippen LogP contribution in [0.1, 0.15) is 65.0 Å². The lowest BCUT2D eigenvalue weighted by molar-refractivity contribution is -0.124. The Balaban J connectivity index is 1.60. The van der Waals surface area contributed by atoms with E-state index in [9.17, 15) is 9.59 Å². The van der Waals surface area contributed by atoms with Gasteiger partial charge in [-0.3, -0.25) is 4.79 Å². The second-order valence-electron chi connectivity index (χ2n) is 8.61. The van der Waals surface area contributed by atoms with Gasteiger partial charge < -0.3 is 14.8 Å². The predicted molar refractivity (Wildman–Crippen MR) is 121 cm³/mol. The van der Waals surface area contributed by atoms with Crippen molar-refractivity contribution < 1.29 is 19.1 Å². The van der Waals surface area contributed by atoms with Crippen molar-refractivity contribution in [1.82, 2.24) is 0 Å². The minimum absolute atomic E-state index is 0.0840. The molecule has 30 heavy (non-hydrogen) atoms. The number of ether oxygens (including phenoxy) is 2. The van der Waals surface area contributed by atoms with E-state index < -0.39 is 5.41 Å². The highest BCUT2D eigenvalue weighted by Gasteiger charge is 2.32. The maximum Gasteiger partial charge on any atom is 0.341 e. The molecule has 0 atom stereocenters. The van der Waals surface area contributed by atoms with Crippen LogP contribution in [-0.2, 0) is 22.4 Å². The van der Waals surface area contributed by atoms with Crippen LogP contribution in [0.5, 0.6) is 5.75 Å². The Morgan fingerprint density at radius 2 is 1.97 bits per heavy atom. The number of hydrogen-bond donors (Lipinski definition) is 1. The van der Waals surface area contributed by atoms with Crippen molar-refractivity contribution >= 4 is 28.2 Å². The van der Waals surface area contributed by atoms with Crippen molar-refractivity contribution in [1.29, 1.82) is 0 Å². The highest BCUT2D eigenvalue weighted by molar-refractivity contribution is 7.17. The molecule has 2 aromatic rings. The van der Waals surface area contributed by atoms with E-state index in [-0.39, 0.29) is 11.9 Å². The van der Waals surface area contributed by atoms with Crippen LogP contribution in [-0.4, -0.2) is 25.6 Å². The average molecular weight is 430 g/mol. The van der Waals surface area contributed by atoms with Gasteiger partial charge in [0.05, 0.1) is 19.3 Å². The van der Waals surface area contributed by atoms with E-state index in [1.54, 1.807) is 0 Å². The molecular formula is C24H31NO4S. The Morgan fingerprint density at radius 3 is 2.70 bits per heavy atom. The van der Waals surface area contributed by atoms with E-state index >= 15 is 0 Å². The molecule has 1 aliphatic rings. The number of rotatable bonds is 8. The molecule has 0 bridgehead atoms. The highest BCUT2D eigenvalue weighted by Crippen LogP contribution is 2.40. The van der Waals surface area contributed by atoms with Gasteiger partial charge in [-0.25, -0.2) is 4.79 Å². The van der Waals surface area contributed by atoms with Gasteiger partial charge >= 0.3 is 5.97 Å². The lowest BCUT2D eigenvalue weighted by Gasteiger charge is -2.23. The molecule has 0 radical (unpaired) electrons. The first-order valence-electron chi connectivity index (χ1n) is 10.5. The molecule has 1 aliphatic carbocycles. The van der Waals surface area contributed by atoms with Gasteiger partial charge in [0.15, 0.2) is 0 Å². The molecule has 3 rings (SSSR count). The summed E-state index contributed by atoms with van der Waals surface area (Å²) in [6.07, 6.45) is 4.32. The molecular weight excluding hydrogens is 398 g/mol. The van der Waals surface area contributed by atoms with Gasteiger partial charge in [0.2, 0.25) is 5.91 Å². The fourth-order valence-electron chi connectivity index (χ4n) is 3.76. The maximum atomic E-state index is 13.0. The van der Waals surface area contributed by atoms with Crippen LogP contribution >= 0.6 is 11.3 Å². The standard InChI is InChI=1S/C24H31NO4S/c1-15-10-11-16(2)18(14-15)29-13-7-12-24(3,4)23(27)25-21-20(22(26)28-5)17-8-6-9-19(17)30-21/h10-11,14H,6-9,12-13H2,1-5H3,(H,25,27). The summed E-state index contributed by atoms with van der Waals surface area (Å²) in [4.78, 5) is 26.5. The van der Waals surface area contributed by atoms with E-state index in [0.29, 0.717) is 23.6 Å². The summed E-state index contributed by atoms with van der Waals surface area (Å²) < 4.78 is 10.9. The summed E-state index contributed by atoms with van der Waals surface area (Å²) in [5.74, 6) is 0.442. The normalized spacial score (nSPS) is 13.1. The Kier molecular flexibility index (Phi) is 6.86. The van der Waals surface area contributed by atoms with Crippen LogP contribution < -0.4 is 10.1 Å². The van der Waals surface area contributed by atoms with Gasteiger partial charge in [-0.15, -0.1) is 11.3 Å². The predicted octanol–water partition coefficient (Wildman–Crippen LogP) is 5.46. The number of thiophene rings is 1. The summed E-state index contributed by atoms with van der Waals surface area (Å²) in [5, 5.41) is 3.63. The summed E-state index contributed by atoms with van der Waals surface area (Å²) in [7, 11) is 1.38. The summed E-state index contributed by atoms with van der Waals surface area (Å²) in [6, 6.07) is 6.16. The first-order valence-corrected chi connectivity index (χ1v) is 11.3. The molecule has 6 heteroatoms. The number of methoxy groups -OCH3 is 1. The van der Waals surface area contributed by atoms with Crippen molar-refractivity contribution in [3.8, 4) is 5.75 Å². The molecule has 0 fully saturated rings. The van der Waals surface area contributed by atoms with Crippen LogP contribution in [0.3, 0.4) is 0 Å². The number of amides is 1. The number of aryl methyl sites for hydroxylation is 3. The van der Waals surface area contributed by atoms with Gasteiger partial charge in [-0.05, 0) is 68.7 Å². The van der Waals surface area contributed by atoms with Crippen LogP contribution in [0.4, 0.5) is 5.00 Å². The zero-order chi connectivity index (χ0) is 21.9. The number of benzene rings is 1. The number of nitrogens with one attached hydrogen (secondary N) is 1. The molecule has 1 aromatic heterocycles. The zero-order valence-corrected chi connectivity index (χ0v) is 19.3. The fraction of sp³-hybridized carbons (Fsp3) is 0.500. The quantitative estimate of drug-likeness (QED) is 0.447. The second-order valence-corrected chi connectivity index (χ2v) is 9.72. The molecule has 0 spiro atoms. The minimum Gasteiger partial charge on any atom is -0.493 e. The van der Waals surface area contributed by atoms with Crippen molar-refractivity contribution in [3.63, 3.8) is 0 Å². The molecule has 0 unspecified atom stereocenters. The third-order valence-electron chi connectivity index (χ3n) is 5.70. The Bertz CT molecular complexity index is 945. The second kappa shape index (κ2) is 9.21. The minimum atomic E-state index is -0.577. The van der Waals surface area contributed by atoms with E-state index in [2.05, 4.69) is 17.4 Å². The molecule has 162 valence electrons. The lowest BCUT2D eigenvalue weighted by Crippen LogP contribution is -2.31. The van der Waals surface area contributed by atoms with Gasteiger partial charge in [-0.2, -0.15) is 0 Å². The average Bonchev–Trinajstić information content (AvgIpc) is 3.28. The number of fused-ring (bicyclic) bond motifs is 1. The van der Waals surface area contributed by atoms with E-state index in [1.807, 2.05) is 33.8 Å². The number of carbonyl (C=O) groups is 2. The molecule has 1 heterocycles. The topological polar surface area (TPSA) is 64.6 Å².